The van der Waals surface area contributed by atoms with E-state index < -0.39 is 11.6 Å². The normalized spacial score (nSPS) is 17.7. The van der Waals surface area contributed by atoms with Crippen LogP contribution in [0.15, 0.2) is 67.3 Å². The third-order valence-corrected chi connectivity index (χ3v) is 7.41. The van der Waals surface area contributed by atoms with Gasteiger partial charge in [0.1, 0.15) is 0 Å². The molecule has 0 N–H and O–H groups in total. The molecule has 1 nitrogen and oxygen atoms in total. The van der Waals surface area contributed by atoms with E-state index in [0.29, 0.717) is 35.0 Å². The number of allylic oxidation sites excluding steroid dienone is 1. The standard InChI is InChI=1S/C32H35F3O/c1-3-4-5-20-36-30-19-12-24(21-29(30)33)9-8-23-10-15-26(16-11-23)28-18-17-27(31(34)32(28)35)25-13-6-22(2)7-14-25/h3,6-7,12-14,17-19,21,23,26H,1,4-5,8-11,15-16,20H2,2H3. The summed E-state index contributed by atoms with van der Waals surface area (Å²) in [6.45, 7) is 6.12. The van der Waals surface area contributed by atoms with Crippen molar-refractivity contribution in [2.24, 2.45) is 5.92 Å². The lowest BCUT2D eigenvalue weighted by atomic mass is 9.76. The average molecular weight is 493 g/mol. The van der Waals surface area contributed by atoms with E-state index >= 15 is 4.39 Å². The summed E-state index contributed by atoms with van der Waals surface area (Å²) in [6.07, 6.45) is 8.90. The van der Waals surface area contributed by atoms with Crippen LogP contribution in [0.25, 0.3) is 11.1 Å². The number of ether oxygens (including phenoxy) is 1. The predicted octanol–water partition coefficient (Wildman–Crippen LogP) is 9.33. The Morgan fingerprint density at radius 3 is 2.36 bits per heavy atom. The summed E-state index contributed by atoms with van der Waals surface area (Å²) >= 11 is 0. The van der Waals surface area contributed by atoms with Crippen LogP contribution in [0.4, 0.5) is 13.2 Å². The molecule has 190 valence electrons. The Balaban J connectivity index is 1.30. The molecule has 4 heteroatoms. The van der Waals surface area contributed by atoms with Crippen LogP contribution in [0, 0.1) is 30.3 Å². The highest BCUT2D eigenvalue weighted by atomic mass is 19.2. The third kappa shape index (κ3) is 6.40. The van der Waals surface area contributed by atoms with Crippen molar-refractivity contribution in [1.82, 2.24) is 0 Å². The summed E-state index contributed by atoms with van der Waals surface area (Å²) in [5, 5.41) is 0. The van der Waals surface area contributed by atoms with Crippen molar-refractivity contribution in [1.29, 1.82) is 0 Å². The molecule has 3 aromatic carbocycles. The molecule has 0 atom stereocenters. The third-order valence-electron chi connectivity index (χ3n) is 7.41. The van der Waals surface area contributed by atoms with Gasteiger partial charge in [0, 0.05) is 5.56 Å². The molecular weight excluding hydrogens is 457 g/mol. The Kier molecular flexibility index (Phi) is 8.90. The summed E-state index contributed by atoms with van der Waals surface area (Å²) < 4.78 is 49.9. The minimum Gasteiger partial charge on any atom is -0.491 e. The Hall–Kier alpha value is -3.01. The predicted molar refractivity (Wildman–Crippen MR) is 141 cm³/mol. The smallest absolute Gasteiger partial charge is 0.166 e. The van der Waals surface area contributed by atoms with Crippen molar-refractivity contribution < 1.29 is 17.9 Å². The van der Waals surface area contributed by atoms with E-state index in [9.17, 15) is 8.78 Å². The quantitative estimate of drug-likeness (QED) is 0.202. The van der Waals surface area contributed by atoms with Crippen LogP contribution in [0.3, 0.4) is 0 Å². The zero-order valence-corrected chi connectivity index (χ0v) is 21.0. The molecule has 0 aromatic heterocycles. The van der Waals surface area contributed by atoms with Crippen molar-refractivity contribution >= 4 is 0 Å². The molecule has 0 bridgehead atoms. The maximum Gasteiger partial charge on any atom is 0.166 e. The van der Waals surface area contributed by atoms with Crippen LogP contribution < -0.4 is 4.74 Å². The first-order chi connectivity index (χ1) is 17.5. The van der Waals surface area contributed by atoms with E-state index in [0.717, 1.165) is 62.5 Å². The van der Waals surface area contributed by atoms with Gasteiger partial charge in [0.15, 0.2) is 23.2 Å². The molecule has 1 aliphatic rings. The lowest BCUT2D eigenvalue weighted by molar-refractivity contribution is 0.295. The van der Waals surface area contributed by atoms with Crippen LogP contribution >= 0.6 is 0 Å². The highest BCUT2D eigenvalue weighted by Gasteiger charge is 2.26. The minimum atomic E-state index is -0.756. The fourth-order valence-corrected chi connectivity index (χ4v) is 5.20. The van der Waals surface area contributed by atoms with E-state index in [4.69, 9.17) is 4.74 Å². The first kappa shape index (κ1) is 26.1. The number of halogens is 3. The number of hydrogen-bond acceptors (Lipinski definition) is 1. The average Bonchev–Trinajstić information content (AvgIpc) is 2.89. The first-order valence-corrected chi connectivity index (χ1v) is 13.0. The lowest BCUT2D eigenvalue weighted by Crippen LogP contribution is -2.15. The zero-order valence-electron chi connectivity index (χ0n) is 21.0. The molecule has 36 heavy (non-hydrogen) atoms. The van der Waals surface area contributed by atoms with Gasteiger partial charge in [0.05, 0.1) is 6.61 Å². The molecule has 0 amide bonds. The fraction of sp³-hybridized carbons (Fsp3) is 0.375. The second-order valence-corrected chi connectivity index (χ2v) is 10.00. The molecule has 3 aromatic rings. The zero-order chi connectivity index (χ0) is 25.5. The number of hydrogen-bond donors (Lipinski definition) is 0. The van der Waals surface area contributed by atoms with E-state index in [1.54, 1.807) is 24.3 Å². The largest absolute Gasteiger partial charge is 0.491 e. The number of unbranched alkanes of at least 4 members (excludes halogenated alkanes) is 1. The van der Waals surface area contributed by atoms with Gasteiger partial charge in [0.2, 0.25) is 0 Å². The summed E-state index contributed by atoms with van der Waals surface area (Å²) in [5.41, 5.74) is 3.54. The monoisotopic (exact) mass is 492 g/mol. The summed E-state index contributed by atoms with van der Waals surface area (Å²) in [7, 11) is 0. The van der Waals surface area contributed by atoms with E-state index in [1.165, 1.54) is 0 Å². The van der Waals surface area contributed by atoms with Gasteiger partial charge in [-0.05, 0) is 98.9 Å². The number of benzene rings is 3. The molecule has 0 unspecified atom stereocenters. The molecule has 0 saturated heterocycles. The van der Waals surface area contributed by atoms with E-state index in [1.807, 2.05) is 43.3 Å². The molecule has 0 spiro atoms. The molecule has 4 rings (SSSR count). The van der Waals surface area contributed by atoms with Gasteiger partial charge in [-0.1, -0.05) is 54.1 Å². The van der Waals surface area contributed by atoms with Crippen LogP contribution in [-0.2, 0) is 6.42 Å². The van der Waals surface area contributed by atoms with Gasteiger partial charge >= 0.3 is 0 Å². The van der Waals surface area contributed by atoms with Crippen LogP contribution in [0.1, 0.15) is 67.6 Å². The van der Waals surface area contributed by atoms with Crippen LogP contribution in [0.5, 0.6) is 5.75 Å². The molecule has 1 saturated carbocycles. The van der Waals surface area contributed by atoms with Crippen LogP contribution in [0.2, 0.25) is 0 Å². The number of rotatable bonds is 10. The van der Waals surface area contributed by atoms with Gasteiger partial charge in [0.25, 0.3) is 0 Å². The van der Waals surface area contributed by atoms with E-state index in [-0.39, 0.29) is 11.7 Å². The Morgan fingerprint density at radius 2 is 1.67 bits per heavy atom. The van der Waals surface area contributed by atoms with Crippen molar-refractivity contribution in [3.8, 4) is 16.9 Å². The topological polar surface area (TPSA) is 9.23 Å². The SMILES string of the molecule is C=CCCCOc1ccc(CCC2CCC(c3ccc(-c4ccc(C)cc4)c(F)c3F)CC2)cc1F. The van der Waals surface area contributed by atoms with Gasteiger partial charge < -0.3 is 4.74 Å². The van der Waals surface area contributed by atoms with Gasteiger partial charge in [-0.25, -0.2) is 13.2 Å². The minimum absolute atomic E-state index is 0.0396. The highest BCUT2D eigenvalue weighted by molar-refractivity contribution is 5.65. The molecule has 0 aliphatic heterocycles. The van der Waals surface area contributed by atoms with Gasteiger partial charge in [-0.15, -0.1) is 6.58 Å². The summed E-state index contributed by atoms with van der Waals surface area (Å²) in [6, 6.07) is 16.2. The lowest BCUT2D eigenvalue weighted by Gasteiger charge is -2.29. The van der Waals surface area contributed by atoms with E-state index in [2.05, 4.69) is 6.58 Å². The first-order valence-electron chi connectivity index (χ1n) is 13.0. The molecule has 0 radical (unpaired) electrons. The summed E-state index contributed by atoms with van der Waals surface area (Å²) in [5.74, 6) is -0.934. The second-order valence-electron chi connectivity index (χ2n) is 10.00. The Bertz CT molecular complexity index is 1160. The Morgan fingerprint density at radius 1 is 0.917 bits per heavy atom. The summed E-state index contributed by atoms with van der Waals surface area (Å²) in [4.78, 5) is 0. The van der Waals surface area contributed by atoms with Gasteiger partial charge in [-0.3, -0.25) is 0 Å². The van der Waals surface area contributed by atoms with Crippen LogP contribution in [-0.4, -0.2) is 6.61 Å². The van der Waals surface area contributed by atoms with Crippen molar-refractivity contribution in [3.05, 3.63) is 101 Å². The molecule has 1 aliphatic carbocycles. The van der Waals surface area contributed by atoms with Gasteiger partial charge in [-0.2, -0.15) is 0 Å². The van der Waals surface area contributed by atoms with Crippen molar-refractivity contribution in [2.75, 3.05) is 6.61 Å². The maximum absolute atomic E-state index is 15.0. The Labute approximate surface area is 213 Å². The molecule has 1 fully saturated rings. The van der Waals surface area contributed by atoms with Crippen molar-refractivity contribution in [2.45, 2.75) is 64.2 Å². The maximum atomic E-state index is 15.0. The fourth-order valence-electron chi connectivity index (χ4n) is 5.20. The van der Waals surface area contributed by atoms with Crippen molar-refractivity contribution in [3.63, 3.8) is 0 Å². The second kappa shape index (κ2) is 12.3. The highest BCUT2D eigenvalue weighted by Crippen LogP contribution is 2.40. The molecular formula is C32H35F3O. The molecule has 0 heterocycles. The number of aryl methyl sites for hydroxylation is 2.